The SMILES string of the molecule is O=c1ccn(CCc2nc(-c3ccncc3)nn2CC(F)(F)F)c(=O)[nH]1. The van der Waals surface area contributed by atoms with Crippen molar-refractivity contribution in [2.75, 3.05) is 0 Å². The van der Waals surface area contributed by atoms with E-state index < -0.39 is 24.0 Å². The lowest BCUT2D eigenvalue weighted by Crippen LogP contribution is -2.29. The minimum Gasteiger partial charge on any atom is -0.300 e. The number of rotatable bonds is 5. The van der Waals surface area contributed by atoms with Crippen LogP contribution in [0, 0.1) is 0 Å². The molecule has 0 aliphatic carbocycles. The highest BCUT2D eigenvalue weighted by Crippen LogP contribution is 2.21. The second-order valence-electron chi connectivity index (χ2n) is 5.41. The minimum absolute atomic E-state index is 0.0279. The number of H-pyrrole nitrogens is 1. The van der Waals surface area contributed by atoms with Gasteiger partial charge in [0.1, 0.15) is 12.4 Å². The van der Waals surface area contributed by atoms with Gasteiger partial charge in [-0.15, -0.1) is 0 Å². The van der Waals surface area contributed by atoms with Gasteiger partial charge in [0.15, 0.2) is 5.82 Å². The first-order chi connectivity index (χ1) is 12.3. The molecule has 136 valence electrons. The van der Waals surface area contributed by atoms with Crippen LogP contribution in [0.4, 0.5) is 13.2 Å². The molecule has 0 saturated carbocycles. The van der Waals surface area contributed by atoms with Crippen LogP contribution in [0.3, 0.4) is 0 Å². The Morgan fingerprint density at radius 1 is 1.12 bits per heavy atom. The first kappa shape index (κ1) is 17.6. The third-order valence-corrected chi connectivity index (χ3v) is 3.49. The van der Waals surface area contributed by atoms with Gasteiger partial charge in [-0.1, -0.05) is 0 Å². The molecule has 0 amide bonds. The van der Waals surface area contributed by atoms with E-state index in [9.17, 15) is 22.8 Å². The molecule has 0 aliphatic rings. The molecule has 0 fully saturated rings. The Bertz CT molecular complexity index is 1010. The van der Waals surface area contributed by atoms with Gasteiger partial charge in [0.2, 0.25) is 0 Å². The molecule has 3 aromatic rings. The number of halogens is 3. The van der Waals surface area contributed by atoms with Crippen molar-refractivity contribution in [1.29, 1.82) is 0 Å². The zero-order valence-electron chi connectivity index (χ0n) is 13.3. The van der Waals surface area contributed by atoms with Gasteiger partial charge in [-0.2, -0.15) is 18.3 Å². The quantitative estimate of drug-likeness (QED) is 0.726. The van der Waals surface area contributed by atoms with E-state index in [1.807, 2.05) is 0 Å². The standard InChI is InChI=1S/C15H13F3N6O2/c16-15(17,18)9-24-11(3-7-23-8-4-12(25)21-14(23)26)20-13(22-24)10-1-5-19-6-2-10/h1-2,4-6,8H,3,7,9H2,(H,21,25,26). The lowest BCUT2D eigenvalue weighted by atomic mass is 10.2. The van der Waals surface area contributed by atoms with Gasteiger partial charge >= 0.3 is 11.9 Å². The van der Waals surface area contributed by atoms with Crippen LogP contribution in [-0.4, -0.2) is 35.5 Å². The van der Waals surface area contributed by atoms with Crippen molar-refractivity contribution in [3.63, 3.8) is 0 Å². The Balaban J connectivity index is 1.90. The average molecular weight is 366 g/mol. The predicted molar refractivity (Wildman–Crippen MR) is 84.3 cm³/mol. The van der Waals surface area contributed by atoms with Crippen LogP contribution in [0.2, 0.25) is 0 Å². The summed E-state index contributed by atoms with van der Waals surface area (Å²) in [5.41, 5.74) is -0.663. The van der Waals surface area contributed by atoms with Crippen molar-refractivity contribution in [3.8, 4) is 11.4 Å². The Kier molecular flexibility index (Phi) is 4.69. The number of nitrogens with one attached hydrogen (secondary N) is 1. The summed E-state index contributed by atoms with van der Waals surface area (Å²) in [5, 5.41) is 3.93. The molecular formula is C15H13F3N6O2. The zero-order valence-corrected chi connectivity index (χ0v) is 13.3. The van der Waals surface area contributed by atoms with Gasteiger partial charge in [-0.05, 0) is 12.1 Å². The molecule has 0 aromatic carbocycles. The van der Waals surface area contributed by atoms with Crippen LogP contribution in [0.25, 0.3) is 11.4 Å². The molecule has 0 aliphatic heterocycles. The highest BCUT2D eigenvalue weighted by molar-refractivity contribution is 5.53. The highest BCUT2D eigenvalue weighted by Gasteiger charge is 2.30. The molecule has 11 heteroatoms. The number of pyridine rings is 1. The molecule has 0 saturated heterocycles. The summed E-state index contributed by atoms with van der Waals surface area (Å²) in [5.74, 6) is 0.215. The van der Waals surface area contributed by atoms with E-state index in [-0.39, 0.29) is 24.6 Å². The van der Waals surface area contributed by atoms with Gasteiger partial charge in [0, 0.05) is 43.2 Å². The van der Waals surface area contributed by atoms with Crippen LogP contribution in [0.5, 0.6) is 0 Å². The fourth-order valence-corrected chi connectivity index (χ4v) is 2.32. The van der Waals surface area contributed by atoms with Crippen molar-refractivity contribution >= 4 is 0 Å². The van der Waals surface area contributed by atoms with Crippen molar-refractivity contribution in [3.05, 3.63) is 63.5 Å². The number of alkyl halides is 3. The maximum absolute atomic E-state index is 12.8. The molecule has 3 heterocycles. The molecule has 3 aromatic heterocycles. The van der Waals surface area contributed by atoms with Crippen molar-refractivity contribution in [2.45, 2.75) is 25.7 Å². The molecule has 0 atom stereocenters. The second-order valence-corrected chi connectivity index (χ2v) is 5.41. The molecule has 1 N–H and O–H groups in total. The summed E-state index contributed by atoms with van der Waals surface area (Å²) >= 11 is 0. The molecule has 8 nitrogen and oxygen atoms in total. The molecule has 0 bridgehead atoms. The molecule has 0 spiro atoms. The van der Waals surface area contributed by atoms with Crippen molar-refractivity contribution < 1.29 is 13.2 Å². The number of aromatic nitrogens is 6. The molecule has 0 radical (unpaired) electrons. The maximum atomic E-state index is 12.8. The number of nitrogens with zero attached hydrogens (tertiary/aromatic N) is 5. The fraction of sp³-hybridized carbons (Fsp3) is 0.267. The summed E-state index contributed by atoms with van der Waals surface area (Å²) in [6, 6.07) is 4.33. The summed E-state index contributed by atoms with van der Waals surface area (Å²) in [7, 11) is 0. The van der Waals surface area contributed by atoms with Gasteiger partial charge < -0.3 is 4.57 Å². The fourth-order valence-electron chi connectivity index (χ4n) is 2.32. The van der Waals surface area contributed by atoms with Crippen LogP contribution in [-0.2, 0) is 19.5 Å². The monoisotopic (exact) mass is 366 g/mol. The van der Waals surface area contributed by atoms with Gasteiger partial charge in [0.05, 0.1) is 0 Å². The summed E-state index contributed by atoms with van der Waals surface area (Å²) in [6.07, 6.45) is -0.193. The van der Waals surface area contributed by atoms with E-state index in [1.165, 1.54) is 23.2 Å². The highest BCUT2D eigenvalue weighted by atomic mass is 19.4. The van der Waals surface area contributed by atoms with Gasteiger partial charge in [0.25, 0.3) is 5.56 Å². The third kappa shape index (κ3) is 4.23. The van der Waals surface area contributed by atoms with Crippen LogP contribution >= 0.6 is 0 Å². The normalized spacial score (nSPS) is 11.7. The van der Waals surface area contributed by atoms with Crippen molar-refractivity contribution in [2.24, 2.45) is 0 Å². The second kappa shape index (κ2) is 6.94. The topological polar surface area (TPSA) is 98.5 Å². The molecule has 0 unspecified atom stereocenters. The lowest BCUT2D eigenvalue weighted by molar-refractivity contribution is -0.143. The predicted octanol–water partition coefficient (Wildman–Crippen LogP) is 0.995. The zero-order chi connectivity index (χ0) is 18.7. The van der Waals surface area contributed by atoms with E-state index in [1.54, 1.807) is 12.1 Å². The first-order valence-corrected chi connectivity index (χ1v) is 7.52. The Morgan fingerprint density at radius 2 is 1.85 bits per heavy atom. The van der Waals surface area contributed by atoms with Crippen LogP contribution in [0.1, 0.15) is 5.82 Å². The Morgan fingerprint density at radius 3 is 2.50 bits per heavy atom. The number of aryl methyl sites for hydroxylation is 2. The number of aromatic amines is 1. The van der Waals surface area contributed by atoms with E-state index in [0.29, 0.717) is 5.56 Å². The van der Waals surface area contributed by atoms with Crippen LogP contribution < -0.4 is 11.2 Å². The van der Waals surface area contributed by atoms with E-state index in [2.05, 4.69) is 20.1 Å². The van der Waals surface area contributed by atoms with E-state index in [4.69, 9.17) is 0 Å². The number of hydrogen-bond donors (Lipinski definition) is 1. The summed E-state index contributed by atoms with van der Waals surface area (Å²) in [4.78, 5) is 32.8. The largest absolute Gasteiger partial charge is 0.408 e. The average Bonchev–Trinajstić information content (AvgIpc) is 2.96. The van der Waals surface area contributed by atoms with Crippen LogP contribution in [0.15, 0.2) is 46.4 Å². The third-order valence-electron chi connectivity index (χ3n) is 3.49. The molecule has 26 heavy (non-hydrogen) atoms. The molecule has 3 rings (SSSR count). The Labute approximate surface area is 144 Å². The smallest absolute Gasteiger partial charge is 0.300 e. The summed E-state index contributed by atoms with van der Waals surface area (Å²) in [6.45, 7) is -1.25. The lowest BCUT2D eigenvalue weighted by Gasteiger charge is -2.09. The first-order valence-electron chi connectivity index (χ1n) is 7.52. The van der Waals surface area contributed by atoms with Crippen molar-refractivity contribution in [1.82, 2.24) is 29.3 Å². The number of hydrogen-bond acceptors (Lipinski definition) is 5. The van der Waals surface area contributed by atoms with E-state index in [0.717, 1.165) is 10.7 Å². The van der Waals surface area contributed by atoms with Gasteiger partial charge in [-0.25, -0.2) is 14.5 Å². The maximum Gasteiger partial charge on any atom is 0.408 e. The van der Waals surface area contributed by atoms with E-state index >= 15 is 0 Å². The molecular weight excluding hydrogens is 353 g/mol. The minimum atomic E-state index is -4.47. The summed E-state index contributed by atoms with van der Waals surface area (Å²) < 4.78 is 40.4. The Hall–Kier alpha value is -3.24. The van der Waals surface area contributed by atoms with Gasteiger partial charge in [-0.3, -0.25) is 14.8 Å².